The zero-order chi connectivity index (χ0) is 17.6. The van der Waals surface area contributed by atoms with E-state index in [1.54, 1.807) is 53.7 Å². The average molecular weight is 339 g/mol. The SMILES string of the molecule is NC(=O)CN(C(=O)c1ccc(Oc2cccnc2)cc1)C1CCCC1. The molecule has 1 fully saturated rings. The van der Waals surface area contributed by atoms with Crippen molar-refractivity contribution >= 4 is 11.8 Å². The molecule has 0 aliphatic heterocycles. The molecule has 6 heteroatoms. The van der Waals surface area contributed by atoms with Crippen molar-refractivity contribution < 1.29 is 14.3 Å². The lowest BCUT2D eigenvalue weighted by Crippen LogP contribution is -2.44. The number of primary amides is 1. The summed E-state index contributed by atoms with van der Waals surface area (Å²) in [6, 6.07) is 10.6. The van der Waals surface area contributed by atoms with E-state index >= 15 is 0 Å². The highest BCUT2D eigenvalue weighted by atomic mass is 16.5. The first kappa shape index (κ1) is 17.0. The predicted octanol–water partition coefficient (Wildman–Crippen LogP) is 2.74. The largest absolute Gasteiger partial charge is 0.456 e. The van der Waals surface area contributed by atoms with E-state index in [1.165, 1.54) is 0 Å². The molecule has 0 saturated heterocycles. The molecule has 0 unspecified atom stereocenters. The van der Waals surface area contributed by atoms with Crippen LogP contribution in [0, 0.1) is 0 Å². The molecule has 3 rings (SSSR count). The lowest BCUT2D eigenvalue weighted by molar-refractivity contribution is -0.119. The summed E-state index contributed by atoms with van der Waals surface area (Å²) in [4.78, 5) is 29.8. The van der Waals surface area contributed by atoms with Gasteiger partial charge in [0.1, 0.15) is 11.5 Å². The van der Waals surface area contributed by atoms with E-state index in [4.69, 9.17) is 10.5 Å². The van der Waals surface area contributed by atoms with Crippen LogP contribution in [0.25, 0.3) is 0 Å². The number of nitrogens with zero attached hydrogens (tertiary/aromatic N) is 2. The zero-order valence-corrected chi connectivity index (χ0v) is 13.9. The minimum atomic E-state index is -0.489. The van der Waals surface area contributed by atoms with Gasteiger partial charge in [0.05, 0.1) is 12.7 Å². The van der Waals surface area contributed by atoms with Crippen molar-refractivity contribution in [2.45, 2.75) is 31.7 Å². The number of carbonyl (C=O) groups excluding carboxylic acids is 2. The van der Waals surface area contributed by atoms with Crippen LogP contribution in [0.2, 0.25) is 0 Å². The molecule has 1 heterocycles. The maximum atomic E-state index is 12.8. The van der Waals surface area contributed by atoms with E-state index in [2.05, 4.69) is 4.98 Å². The smallest absolute Gasteiger partial charge is 0.254 e. The highest BCUT2D eigenvalue weighted by Crippen LogP contribution is 2.26. The third-order valence-electron chi connectivity index (χ3n) is 4.32. The summed E-state index contributed by atoms with van der Waals surface area (Å²) in [7, 11) is 0. The van der Waals surface area contributed by atoms with Gasteiger partial charge in [-0.25, -0.2) is 0 Å². The van der Waals surface area contributed by atoms with Crippen LogP contribution in [-0.2, 0) is 4.79 Å². The summed E-state index contributed by atoms with van der Waals surface area (Å²) in [6.07, 6.45) is 7.28. The number of rotatable bonds is 6. The van der Waals surface area contributed by atoms with Crippen LogP contribution in [0.5, 0.6) is 11.5 Å². The number of pyridine rings is 1. The first-order valence-electron chi connectivity index (χ1n) is 8.41. The number of aromatic nitrogens is 1. The Hall–Kier alpha value is -2.89. The highest BCUT2D eigenvalue weighted by Gasteiger charge is 2.28. The molecule has 1 saturated carbocycles. The molecule has 2 N–H and O–H groups in total. The fourth-order valence-corrected chi connectivity index (χ4v) is 3.13. The summed E-state index contributed by atoms with van der Waals surface area (Å²) in [6.45, 7) is -0.0442. The lowest BCUT2D eigenvalue weighted by Gasteiger charge is -2.27. The van der Waals surface area contributed by atoms with Crippen molar-refractivity contribution in [3.8, 4) is 11.5 Å². The van der Waals surface area contributed by atoms with Gasteiger partial charge in [-0.3, -0.25) is 14.6 Å². The van der Waals surface area contributed by atoms with Crippen molar-refractivity contribution in [2.24, 2.45) is 5.73 Å². The minimum absolute atomic E-state index is 0.0442. The summed E-state index contributed by atoms with van der Waals surface area (Å²) < 4.78 is 5.68. The second kappa shape index (κ2) is 7.79. The third-order valence-corrected chi connectivity index (χ3v) is 4.32. The summed E-state index contributed by atoms with van der Waals surface area (Å²) in [5, 5.41) is 0. The fraction of sp³-hybridized carbons (Fsp3) is 0.316. The van der Waals surface area contributed by atoms with Crippen molar-refractivity contribution in [3.63, 3.8) is 0 Å². The van der Waals surface area contributed by atoms with Crippen molar-refractivity contribution in [1.82, 2.24) is 9.88 Å². The first-order valence-corrected chi connectivity index (χ1v) is 8.41. The fourth-order valence-electron chi connectivity index (χ4n) is 3.13. The van der Waals surface area contributed by atoms with Crippen LogP contribution < -0.4 is 10.5 Å². The normalized spacial score (nSPS) is 14.2. The molecule has 2 amide bonds. The van der Waals surface area contributed by atoms with Crippen molar-refractivity contribution in [3.05, 3.63) is 54.4 Å². The van der Waals surface area contributed by atoms with Gasteiger partial charge in [0.25, 0.3) is 5.91 Å². The summed E-state index contributed by atoms with van der Waals surface area (Å²) in [5.74, 6) is 0.588. The van der Waals surface area contributed by atoms with E-state index in [-0.39, 0.29) is 18.5 Å². The van der Waals surface area contributed by atoms with Gasteiger partial charge in [-0.1, -0.05) is 12.8 Å². The Morgan fingerprint density at radius 2 is 1.84 bits per heavy atom. The Balaban J connectivity index is 1.72. The average Bonchev–Trinajstić information content (AvgIpc) is 3.15. The maximum Gasteiger partial charge on any atom is 0.254 e. The summed E-state index contributed by atoms with van der Waals surface area (Å²) >= 11 is 0. The van der Waals surface area contributed by atoms with Gasteiger partial charge < -0.3 is 15.4 Å². The molecule has 6 nitrogen and oxygen atoms in total. The van der Waals surface area contributed by atoms with Gasteiger partial charge in [-0.05, 0) is 49.2 Å². The van der Waals surface area contributed by atoms with Crippen LogP contribution >= 0.6 is 0 Å². The summed E-state index contributed by atoms with van der Waals surface area (Å²) in [5.41, 5.74) is 5.85. The predicted molar refractivity (Wildman–Crippen MR) is 93.2 cm³/mol. The molecule has 0 bridgehead atoms. The molecule has 1 aliphatic carbocycles. The number of benzene rings is 1. The maximum absolute atomic E-state index is 12.8. The lowest BCUT2D eigenvalue weighted by atomic mass is 10.1. The Morgan fingerprint density at radius 3 is 2.44 bits per heavy atom. The van der Waals surface area contributed by atoms with Crippen LogP contribution in [0.3, 0.4) is 0 Å². The number of amides is 2. The van der Waals surface area contributed by atoms with E-state index in [9.17, 15) is 9.59 Å². The van der Waals surface area contributed by atoms with Gasteiger partial charge in [0.2, 0.25) is 5.91 Å². The Labute approximate surface area is 146 Å². The molecule has 1 aromatic carbocycles. The van der Waals surface area contributed by atoms with Crippen LogP contribution in [0.15, 0.2) is 48.8 Å². The topological polar surface area (TPSA) is 85.5 Å². The Kier molecular flexibility index (Phi) is 5.28. The van der Waals surface area contributed by atoms with Gasteiger partial charge in [-0.2, -0.15) is 0 Å². The molecule has 0 spiro atoms. The first-order chi connectivity index (χ1) is 12.1. The number of hydrogen-bond donors (Lipinski definition) is 1. The van der Waals surface area contributed by atoms with Crippen LogP contribution in [0.1, 0.15) is 36.0 Å². The molecular weight excluding hydrogens is 318 g/mol. The monoisotopic (exact) mass is 339 g/mol. The molecule has 130 valence electrons. The minimum Gasteiger partial charge on any atom is -0.456 e. The van der Waals surface area contributed by atoms with E-state index in [1.807, 2.05) is 0 Å². The Bertz CT molecular complexity index is 725. The number of hydrogen-bond acceptors (Lipinski definition) is 4. The van der Waals surface area contributed by atoms with Crippen molar-refractivity contribution in [1.29, 1.82) is 0 Å². The number of carbonyl (C=O) groups is 2. The van der Waals surface area contributed by atoms with Gasteiger partial charge >= 0.3 is 0 Å². The number of ether oxygens (including phenoxy) is 1. The van der Waals surface area contributed by atoms with E-state index < -0.39 is 5.91 Å². The quantitative estimate of drug-likeness (QED) is 0.877. The van der Waals surface area contributed by atoms with Gasteiger partial charge in [0, 0.05) is 17.8 Å². The molecule has 0 radical (unpaired) electrons. The second-order valence-electron chi connectivity index (χ2n) is 6.15. The standard InChI is InChI=1S/C19H21N3O3/c20-18(23)13-22(15-4-1-2-5-15)19(24)14-7-9-16(10-8-14)25-17-6-3-11-21-12-17/h3,6-12,15H,1-2,4-5,13H2,(H2,20,23). The molecule has 1 aliphatic rings. The molecule has 1 aromatic heterocycles. The highest BCUT2D eigenvalue weighted by molar-refractivity contribution is 5.96. The number of nitrogens with two attached hydrogens (primary N) is 1. The van der Waals surface area contributed by atoms with Crippen molar-refractivity contribution in [2.75, 3.05) is 6.54 Å². The zero-order valence-electron chi connectivity index (χ0n) is 13.9. The molecular formula is C19H21N3O3. The van der Waals surface area contributed by atoms with Crippen LogP contribution in [-0.4, -0.2) is 34.3 Å². The molecule has 2 aromatic rings. The van der Waals surface area contributed by atoms with Gasteiger partial charge in [-0.15, -0.1) is 0 Å². The van der Waals surface area contributed by atoms with Crippen LogP contribution in [0.4, 0.5) is 0 Å². The Morgan fingerprint density at radius 1 is 1.12 bits per heavy atom. The third kappa shape index (κ3) is 4.35. The van der Waals surface area contributed by atoms with E-state index in [0.29, 0.717) is 17.1 Å². The molecule has 25 heavy (non-hydrogen) atoms. The van der Waals surface area contributed by atoms with Gasteiger partial charge in [0.15, 0.2) is 0 Å². The van der Waals surface area contributed by atoms with E-state index in [0.717, 1.165) is 25.7 Å². The second-order valence-corrected chi connectivity index (χ2v) is 6.15. The molecule has 0 atom stereocenters.